The van der Waals surface area contributed by atoms with Gasteiger partial charge in [-0.15, -0.1) is 0 Å². The van der Waals surface area contributed by atoms with Crippen molar-refractivity contribution in [1.29, 1.82) is 0 Å². The first-order chi connectivity index (χ1) is 6.51. The summed E-state index contributed by atoms with van der Waals surface area (Å²) in [5, 5.41) is 10.5. The van der Waals surface area contributed by atoms with Gasteiger partial charge < -0.3 is 0 Å². The van der Waals surface area contributed by atoms with Crippen molar-refractivity contribution in [3.8, 4) is 0 Å². The van der Waals surface area contributed by atoms with E-state index in [4.69, 9.17) is 0 Å². The predicted molar refractivity (Wildman–Crippen MR) is 52.5 cm³/mol. The second-order valence-electron chi connectivity index (χ2n) is 3.06. The zero-order chi connectivity index (χ0) is 10.6. The molecule has 14 heavy (non-hydrogen) atoms. The largest absolute Gasteiger partial charge is 0.232 e. The average Bonchev–Trinajstić information content (AvgIpc) is 2.14. The van der Waals surface area contributed by atoms with Gasteiger partial charge >= 0.3 is 0 Å². The van der Waals surface area contributed by atoms with Gasteiger partial charge in [0.1, 0.15) is 6.61 Å². The first kappa shape index (κ1) is 11.2. The Labute approximate surface area is 83.6 Å². The Hall–Kier alpha value is -0.910. The summed E-state index contributed by atoms with van der Waals surface area (Å²) >= 11 is 0. The van der Waals surface area contributed by atoms with E-state index in [9.17, 15) is 13.5 Å². The summed E-state index contributed by atoms with van der Waals surface area (Å²) in [5.74, 6) is 0. The normalized spacial score (nSPS) is 11.6. The molecule has 0 amide bonds. The van der Waals surface area contributed by atoms with Gasteiger partial charge in [0.2, 0.25) is 10.0 Å². The van der Waals surface area contributed by atoms with Gasteiger partial charge in [-0.3, -0.25) is 0 Å². The maximum absolute atomic E-state index is 10.8. The maximum Gasteiger partial charge on any atom is 0.209 e. The summed E-state index contributed by atoms with van der Waals surface area (Å²) in [6.45, 7) is -0.0562. The molecule has 0 bridgehead atoms. The number of rotatable bonds is 4. The topological polar surface area (TPSA) is 66.1 Å². The minimum Gasteiger partial charge on any atom is -0.232 e. The van der Waals surface area contributed by atoms with E-state index < -0.39 is 10.0 Å². The van der Waals surface area contributed by atoms with Crippen LogP contribution in [0.4, 0.5) is 0 Å². The Kier molecular flexibility index (Phi) is 3.62. The molecule has 77 valence electrons. The molecule has 0 atom stereocenters. The Balaban J connectivity index is 2.68. The molecule has 1 N–H and O–H groups in total. The van der Waals surface area contributed by atoms with E-state index in [1.165, 1.54) is 0 Å². The highest BCUT2D eigenvalue weighted by Gasteiger charge is 2.01. The molecule has 0 heterocycles. The third kappa shape index (κ3) is 3.87. The highest BCUT2D eigenvalue weighted by Crippen LogP contribution is 2.05. The number of hydrogen-bond donors (Lipinski definition) is 1. The monoisotopic (exact) mass is 214 g/mol. The second-order valence-corrected chi connectivity index (χ2v) is 4.89. The first-order valence-electron chi connectivity index (χ1n) is 4.12. The van der Waals surface area contributed by atoms with Gasteiger partial charge in [0, 0.05) is 6.54 Å². The van der Waals surface area contributed by atoms with Crippen molar-refractivity contribution < 1.29 is 13.5 Å². The molecular weight excluding hydrogens is 202 g/mol. The predicted octanol–water partition coefficient (Wildman–Crippen LogP) is 0.666. The SMILES string of the molecule is CS(=O)(=O)NCc1cccc(C[O])c1. The number of nitrogens with one attached hydrogen (secondary N) is 1. The lowest BCUT2D eigenvalue weighted by Gasteiger charge is -2.03. The summed E-state index contributed by atoms with van der Waals surface area (Å²) in [4.78, 5) is 0. The van der Waals surface area contributed by atoms with Gasteiger partial charge in [-0.05, 0) is 11.1 Å². The van der Waals surface area contributed by atoms with Gasteiger partial charge in [0.05, 0.1) is 6.26 Å². The van der Waals surface area contributed by atoms with Gasteiger partial charge in [-0.25, -0.2) is 18.2 Å². The van der Waals surface area contributed by atoms with Crippen molar-refractivity contribution in [3.05, 3.63) is 35.4 Å². The smallest absolute Gasteiger partial charge is 0.209 e. The van der Waals surface area contributed by atoms with E-state index in [1.807, 2.05) is 0 Å². The Morgan fingerprint density at radius 1 is 1.29 bits per heavy atom. The van der Waals surface area contributed by atoms with Crippen LogP contribution < -0.4 is 4.72 Å². The fourth-order valence-electron chi connectivity index (χ4n) is 1.04. The van der Waals surface area contributed by atoms with Crippen LogP contribution in [0.25, 0.3) is 0 Å². The third-order valence-electron chi connectivity index (χ3n) is 1.70. The van der Waals surface area contributed by atoms with Crippen molar-refractivity contribution >= 4 is 10.0 Å². The molecular formula is C9H12NO3S. The molecule has 0 unspecified atom stereocenters. The summed E-state index contributed by atoms with van der Waals surface area (Å²) in [5.41, 5.74) is 1.46. The average molecular weight is 214 g/mol. The van der Waals surface area contributed by atoms with Crippen LogP contribution in [0.3, 0.4) is 0 Å². The minimum absolute atomic E-state index is 0.229. The van der Waals surface area contributed by atoms with Crippen molar-refractivity contribution in [2.45, 2.75) is 13.2 Å². The highest BCUT2D eigenvalue weighted by atomic mass is 32.2. The van der Waals surface area contributed by atoms with Crippen LogP contribution in [0.1, 0.15) is 11.1 Å². The fraction of sp³-hybridized carbons (Fsp3) is 0.333. The first-order valence-corrected chi connectivity index (χ1v) is 6.01. The van der Waals surface area contributed by atoms with E-state index in [-0.39, 0.29) is 13.2 Å². The van der Waals surface area contributed by atoms with Crippen molar-refractivity contribution in [2.24, 2.45) is 0 Å². The highest BCUT2D eigenvalue weighted by molar-refractivity contribution is 7.88. The van der Waals surface area contributed by atoms with Crippen LogP contribution in [-0.4, -0.2) is 14.7 Å². The zero-order valence-electron chi connectivity index (χ0n) is 7.86. The second kappa shape index (κ2) is 4.54. The van der Waals surface area contributed by atoms with Gasteiger partial charge in [0.15, 0.2) is 0 Å². The molecule has 0 aliphatic rings. The van der Waals surface area contributed by atoms with Crippen LogP contribution in [0.15, 0.2) is 24.3 Å². The summed E-state index contributed by atoms with van der Waals surface area (Å²) in [6, 6.07) is 6.94. The lowest BCUT2D eigenvalue weighted by Crippen LogP contribution is -2.21. The lowest BCUT2D eigenvalue weighted by molar-refractivity contribution is 0.177. The van der Waals surface area contributed by atoms with E-state index in [1.54, 1.807) is 24.3 Å². The Morgan fingerprint density at radius 3 is 2.50 bits per heavy atom. The standard InChI is InChI=1S/C9H12NO3S/c1-14(12,13)10-6-8-3-2-4-9(5-8)7-11/h2-5,10H,6-7H2,1H3. The molecule has 4 nitrogen and oxygen atoms in total. The van der Waals surface area contributed by atoms with Gasteiger partial charge in [-0.1, -0.05) is 24.3 Å². The van der Waals surface area contributed by atoms with Crippen LogP contribution in [0, 0.1) is 0 Å². The van der Waals surface area contributed by atoms with Crippen molar-refractivity contribution in [2.75, 3.05) is 6.26 Å². The molecule has 1 aromatic rings. The molecule has 1 rings (SSSR count). The van der Waals surface area contributed by atoms with Crippen LogP contribution in [0.5, 0.6) is 0 Å². The molecule has 1 radical (unpaired) electrons. The van der Waals surface area contributed by atoms with E-state index in [2.05, 4.69) is 4.72 Å². The number of sulfonamides is 1. The summed E-state index contributed by atoms with van der Waals surface area (Å²) < 4.78 is 23.9. The Morgan fingerprint density at radius 2 is 1.93 bits per heavy atom. The minimum atomic E-state index is -3.17. The molecule has 0 saturated carbocycles. The van der Waals surface area contributed by atoms with E-state index >= 15 is 0 Å². The Bertz CT molecular complexity index is 400. The van der Waals surface area contributed by atoms with Crippen molar-refractivity contribution in [3.63, 3.8) is 0 Å². The zero-order valence-corrected chi connectivity index (χ0v) is 8.67. The number of hydrogen-bond acceptors (Lipinski definition) is 2. The maximum atomic E-state index is 10.8. The quantitative estimate of drug-likeness (QED) is 0.800. The molecule has 0 aromatic heterocycles. The summed E-state index contributed by atoms with van der Waals surface area (Å²) in [7, 11) is -3.17. The number of benzene rings is 1. The molecule has 0 fully saturated rings. The van der Waals surface area contributed by atoms with Crippen molar-refractivity contribution in [1.82, 2.24) is 4.72 Å². The molecule has 0 spiro atoms. The molecule has 0 aliphatic heterocycles. The summed E-state index contributed by atoms with van der Waals surface area (Å²) in [6.07, 6.45) is 1.10. The third-order valence-corrected chi connectivity index (χ3v) is 2.37. The molecule has 0 saturated heterocycles. The van der Waals surface area contributed by atoms with Crippen LogP contribution in [0.2, 0.25) is 0 Å². The fourth-order valence-corrected chi connectivity index (χ4v) is 1.47. The molecule has 1 aromatic carbocycles. The molecule has 0 aliphatic carbocycles. The molecule has 5 heteroatoms. The lowest BCUT2D eigenvalue weighted by atomic mass is 10.1. The van der Waals surface area contributed by atoms with Crippen LogP contribution >= 0.6 is 0 Å². The van der Waals surface area contributed by atoms with Gasteiger partial charge in [-0.2, -0.15) is 0 Å². The van der Waals surface area contributed by atoms with E-state index in [0.29, 0.717) is 5.56 Å². The van der Waals surface area contributed by atoms with E-state index in [0.717, 1.165) is 11.8 Å². The van der Waals surface area contributed by atoms with Gasteiger partial charge in [0.25, 0.3) is 0 Å². The van der Waals surface area contributed by atoms with Crippen LogP contribution in [-0.2, 0) is 28.3 Å².